The fourth-order valence-electron chi connectivity index (χ4n) is 3.38. The molecule has 7 heteroatoms. The molecule has 154 valence electrons. The van der Waals surface area contributed by atoms with Gasteiger partial charge in [0.05, 0.1) is 17.9 Å². The van der Waals surface area contributed by atoms with Crippen molar-refractivity contribution in [3.63, 3.8) is 0 Å². The molecule has 0 aromatic heterocycles. The Balaban J connectivity index is 1.81. The standard InChI is InChI=1S/C23H18F3NO3/c1-2-29-22(28)15-9-7-14(8-10-15)21-17-5-3-4-6-19(17)30-20-12-11-16(23(24,25)26)13-18(20)27-21/h3-10,13H,2,11-12H2,1H3. The number of allylic oxidation sites excluding steroid dienone is 3. The molecule has 0 bridgehead atoms. The van der Waals surface area contributed by atoms with Crippen LogP contribution < -0.4 is 4.74 Å². The van der Waals surface area contributed by atoms with Gasteiger partial charge in [-0.25, -0.2) is 9.79 Å². The van der Waals surface area contributed by atoms with E-state index in [1.807, 2.05) is 6.07 Å². The first-order valence-corrected chi connectivity index (χ1v) is 9.51. The van der Waals surface area contributed by atoms with E-state index in [0.717, 1.165) is 6.08 Å². The smallest absolute Gasteiger partial charge is 0.412 e. The van der Waals surface area contributed by atoms with Gasteiger partial charge in [0.15, 0.2) is 0 Å². The molecule has 0 saturated carbocycles. The molecule has 30 heavy (non-hydrogen) atoms. The lowest BCUT2D eigenvalue weighted by Crippen LogP contribution is -2.16. The van der Waals surface area contributed by atoms with Gasteiger partial charge in [0.2, 0.25) is 0 Å². The van der Waals surface area contributed by atoms with Gasteiger partial charge in [-0.15, -0.1) is 0 Å². The number of ether oxygens (including phenoxy) is 2. The normalized spacial score (nSPS) is 15.9. The molecule has 4 nitrogen and oxygen atoms in total. The molecule has 0 amide bonds. The van der Waals surface area contributed by atoms with E-state index in [1.54, 1.807) is 49.4 Å². The molecular formula is C23H18F3NO3. The number of esters is 1. The fourth-order valence-corrected chi connectivity index (χ4v) is 3.38. The maximum absolute atomic E-state index is 13.2. The average molecular weight is 413 g/mol. The number of para-hydroxylation sites is 1. The lowest BCUT2D eigenvalue weighted by Gasteiger charge is -2.19. The summed E-state index contributed by atoms with van der Waals surface area (Å²) in [5.41, 5.74) is 1.71. The zero-order valence-electron chi connectivity index (χ0n) is 16.1. The van der Waals surface area contributed by atoms with Crippen LogP contribution in [0.1, 0.15) is 41.3 Å². The van der Waals surface area contributed by atoms with Gasteiger partial charge in [0.25, 0.3) is 0 Å². The Hall–Kier alpha value is -3.35. The number of fused-ring (bicyclic) bond motifs is 1. The Bertz CT molecular complexity index is 1080. The minimum absolute atomic E-state index is 0.119. The molecule has 0 fully saturated rings. The van der Waals surface area contributed by atoms with Crippen molar-refractivity contribution < 1.29 is 27.4 Å². The zero-order valence-corrected chi connectivity index (χ0v) is 16.1. The predicted molar refractivity (Wildman–Crippen MR) is 106 cm³/mol. The summed E-state index contributed by atoms with van der Waals surface area (Å²) in [5.74, 6) is 0.499. The quantitative estimate of drug-likeness (QED) is 0.617. The first-order chi connectivity index (χ1) is 14.4. The maximum Gasteiger partial charge on any atom is 0.412 e. The van der Waals surface area contributed by atoms with E-state index in [4.69, 9.17) is 9.47 Å². The van der Waals surface area contributed by atoms with E-state index in [1.165, 1.54) is 0 Å². The number of halogens is 3. The van der Waals surface area contributed by atoms with Crippen LogP contribution in [0.15, 0.2) is 76.6 Å². The van der Waals surface area contributed by atoms with Gasteiger partial charge in [-0.05, 0) is 43.7 Å². The Kier molecular flexibility index (Phi) is 5.20. The third-order valence-electron chi connectivity index (χ3n) is 4.86. The molecule has 0 unspecified atom stereocenters. The van der Waals surface area contributed by atoms with E-state index >= 15 is 0 Å². The molecule has 2 aliphatic rings. The van der Waals surface area contributed by atoms with Crippen LogP contribution in [0.3, 0.4) is 0 Å². The van der Waals surface area contributed by atoms with Crippen LogP contribution in [-0.4, -0.2) is 24.5 Å². The van der Waals surface area contributed by atoms with Crippen molar-refractivity contribution in [2.24, 2.45) is 4.99 Å². The van der Waals surface area contributed by atoms with Crippen LogP contribution in [0.25, 0.3) is 0 Å². The van der Waals surface area contributed by atoms with Gasteiger partial charge in [-0.3, -0.25) is 0 Å². The molecule has 0 atom stereocenters. The maximum atomic E-state index is 13.2. The van der Waals surface area contributed by atoms with Crippen molar-refractivity contribution in [1.82, 2.24) is 0 Å². The van der Waals surface area contributed by atoms with Crippen molar-refractivity contribution in [2.75, 3.05) is 6.61 Å². The number of hydrogen-bond donors (Lipinski definition) is 0. The van der Waals surface area contributed by atoms with E-state index in [-0.39, 0.29) is 25.1 Å². The number of hydrogen-bond acceptors (Lipinski definition) is 4. The molecule has 0 N–H and O–H groups in total. The minimum Gasteiger partial charge on any atom is -0.462 e. The number of carbonyl (C=O) groups excluding carboxylic acids is 1. The number of aliphatic imine (C=N–C) groups is 1. The van der Waals surface area contributed by atoms with Crippen LogP contribution in [-0.2, 0) is 4.74 Å². The van der Waals surface area contributed by atoms with Gasteiger partial charge in [0.1, 0.15) is 17.2 Å². The molecule has 2 aromatic carbocycles. The van der Waals surface area contributed by atoms with Crippen molar-refractivity contribution in [1.29, 1.82) is 0 Å². The van der Waals surface area contributed by atoms with Crippen LogP contribution in [0.5, 0.6) is 5.75 Å². The van der Waals surface area contributed by atoms with E-state index in [2.05, 4.69) is 4.99 Å². The van der Waals surface area contributed by atoms with E-state index < -0.39 is 17.7 Å². The molecule has 0 saturated heterocycles. The van der Waals surface area contributed by atoms with Crippen LogP contribution in [0.4, 0.5) is 13.2 Å². The summed E-state index contributed by atoms with van der Waals surface area (Å²) >= 11 is 0. The Morgan fingerprint density at radius 1 is 1.10 bits per heavy atom. The zero-order chi connectivity index (χ0) is 21.3. The number of benzene rings is 2. The number of rotatable bonds is 3. The Labute approximate surface area is 171 Å². The van der Waals surface area contributed by atoms with Gasteiger partial charge in [0, 0.05) is 23.1 Å². The van der Waals surface area contributed by atoms with Crippen LogP contribution in [0.2, 0.25) is 0 Å². The summed E-state index contributed by atoms with van der Waals surface area (Å²) in [6.45, 7) is 1.99. The second kappa shape index (κ2) is 7.82. The first kappa shape index (κ1) is 19.9. The van der Waals surface area contributed by atoms with Crippen molar-refractivity contribution in [3.8, 4) is 5.75 Å². The van der Waals surface area contributed by atoms with Gasteiger partial charge in [-0.2, -0.15) is 13.2 Å². The van der Waals surface area contributed by atoms with Crippen molar-refractivity contribution in [2.45, 2.75) is 25.9 Å². The van der Waals surface area contributed by atoms with Gasteiger partial charge in [-0.1, -0.05) is 24.3 Å². The number of nitrogens with zero attached hydrogens (tertiary/aromatic N) is 1. The molecule has 1 aliphatic heterocycles. The highest BCUT2D eigenvalue weighted by Crippen LogP contribution is 2.39. The van der Waals surface area contributed by atoms with E-state index in [0.29, 0.717) is 33.9 Å². The first-order valence-electron chi connectivity index (χ1n) is 9.51. The van der Waals surface area contributed by atoms with E-state index in [9.17, 15) is 18.0 Å². The molecule has 0 spiro atoms. The lowest BCUT2D eigenvalue weighted by atomic mass is 9.99. The average Bonchev–Trinajstić information content (AvgIpc) is 2.89. The highest BCUT2D eigenvalue weighted by Gasteiger charge is 2.36. The summed E-state index contributed by atoms with van der Waals surface area (Å²) in [7, 11) is 0. The summed E-state index contributed by atoms with van der Waals surface area (Å²) in [4.78, 5) is 16.5. The Morgan fingerprint density at radius 2 is 1.83 bits per heavy atom. The highest BCUT2D eigenvalue weighted by atomic mass is 19.4. The second-order valence-corrected chi connectivity index (χ2v) is 6.83. The SMILES string of the molecule is CCOC(=O)c1ccc(C2=NC3=C(CCC(C(F)(F)F)=C3)Oc3ccccc32)cc1. The minimum atomic E-state index is -4.41. The molecule has 1 aliphatic carbocycles. The van der Waals surface area contributed by atoms with Gasteiger partial charge >= 0.3 is 12.1 Å². The van der Waals surface area contributed by atoms with Crippen LogP contribution in [0, 0.1) is 0 Å². The number of alkyl halides is 3. The largest absolute Gasteiger partial charge is 0.462 e. The third-order valence-corrected chi connectivity index (χ3v) is 4.86. The van der Waals surface area contributed by atoms with Crippen molar-refractivity contribution >= 4 is 11.7 Å². The monoisotopic (exact) mass is 413 g/mol. The molecular weight excluding hydrogens is 395 g/mol. The predicted octanol–water partition coefficient (Wildman–Crippen LogP) is 5.59. The lowest BCUT2D eigenvalue weighted by molar-refractivity contribution is -0.0944. The topological polar surface area (TPSA) is 47.9 Å². The molecule has 0 radical (unpaired) electrons. The number of carbonyl (C=O) groups is 1. The highest BCUT2D eigenvalue weighted by molar-refractivity contribution is 6.15. The molecule has 1 heterocycles. The molecule has 2 aromatic rings. The van der Waals surface area contributed by atoms with Gasteiger partial charge < -0.3 is 9.47 Å². The molecule has 4 rings (SSSR count). The van der Waals surface area contributed by atoms with Crippen molar-refractivity contribution in [3.05, 3.63) is 88.3 Å². The Morgan fingerprint density at radius 3 is 2.53 bits per heavy atom. The summed E-state index contributed by atoms with van der Waals surface area (Å²) in [6, 6.07) is 13.8. The summed E-state index contributed by atoms with van der Waals surface area (Å²) in [5, 5.41) is 0. The fraction of sp³-hybridized carbons (Fsp3) is 0.217. The second-order valence-electron chi connectivity index (χ2n) is 6.83. The summed E-state index contributed by atoms with van der Waals surface area (Å²) in [6.07, 6.45) is -3.39. The summed E-state index contributed by atoms with van der Waals surface area (Å²) < 4.78 is 50.7. The third kappa shape index (κ3) is 3.87. The van der Waals surface area contributed by atoms with Crippen LogP contribution >= 0.6 is 0 Å².